The number of nitrogens with one attached hydrogen (secondary N) is 1. The summed E-state index contributed by atoms with van der Waals surface area (Å²) in [6.07, 6.45) is -1.67. The van der Waals surface area contributed by atoms with E-state index < -0.39 is 29.9 Å². The first kappa shape index (κ1) is 26.3. The van der Waals surface area contributed by atoms with Crippen molar-refractivity contribution in [3.05, 3.63) is 108 Å². The van der Waals surface area contributed by atoms with E-state index in [1.165, 1.54) is 6.92 Å². The third-order valence-electron chi connectivity index (χ3n) is 5.97. The lowest BCUT2D eigenvalue weighted by Gasteiger charge is -2.44. The maximum Gasteiger partial charge on any atom is 0.217 e. The van der Waals surface area contributed by atoms with Crippen LogP contribution in [-0.4, -0.2) is 42.4 Å². The first-order chi connectivity index (χ1) is 17.6. The summed E-state index contributed by atoms with van der Waals surface area (Å²) in [5.41, 5.74) is 2.27. The highest BCUT2D eigenvalue weighted by Gasteiger charge is 2.47. The molecule has 1 aliphatic heterocycles. The van der Waals surface area contributed by atoms with E-state index in [1.807, 2.05) is 91.0 Å². The molecule has 6 nitrogen and oxygen atoms in total. The molecule has 0 spiro atoms. The molecular weight excluding hydrogens is 478 g/mol. The number of amides is 1. The van der Waals surface area contributed by atoms with E-state index in [-0.39, 0.29) is 12.5 Å². The molecule has 3 aromatic rings. The molecule has 1 N–H and O–H groups in total. The third-order valence-corrected chi connectivity index (χ3v) is 6.32. The standard InChI is InChI=1S/C29H32ClNO5/c1-21(32)31-26-27(34-18-23-13-7-3-8-14-23)25(20-33-17-22-11-5-2-6-12-22)36-29(30)28(26)35-19-24-15-9-4-10-16-24/h2-16,25-29H,17-20H2,1H3,(H,31,32)/t25-,26+,27-,28-,29?/m1/s1. The second-order valence-corrected chi connectivity index (χ2v) is 9.21. The number of carbonyl (C=O) groups excluding carboxylic acids is 1. The number of hydrogen-bond acceptors (Lipinski definition) is 5. The Morgan fingerprint density at radius 2 is 1.25 bits per heavy atom. The minimum absolute atomic E-state index is 0.198. The molecule has 190 valence electrons. The first-order valence-electron chi connectivity index (χ1n) is 12.1. The van der Waals surface area contributed by atoms with E-state index in [4.69, 9.17) is 30.5 Å². The van der Waals surface area contributed by atoms with E-state index in [1.54, 1.807) is 0 Å². The summed E-state index contributed by atoms with van der Waals surface area (Å²) in [7, 11) is 0. The predicted molar refractivity (Wildman–Crippen MR) is 138 cm³/mol. The molecule has 0 saturated carbocycles. The van der Waals surface area contributed by atoms with Gasteiger partial charge in [0, 0.05) is 6.92 Å². The lowest BCUT2D eigenvalue weighted by Crippen LogP contribution is -2.64. The van der Waals surface area contributed by atoms with Crippen molar-refractivity contribution >= 4 is 17.5 Å². The second kappa shape index (κ2) is 13.5. The van der Waals surface area contributed by atoms with E-state index in [9.17, 15) is 4.79 Å². The summed E-state index contributed by atoms with van der Waals surface area (Å²) >= 11 is 6.69. The van der Waals surface area contributed by atoms with Crippen LogP contribution in [-0.2, 0) is 43.6 Å². The molecule has 1 aliphatic rings. The largest absolute Gasteiger partial charge is 0.374 e. The fourth-order valence-electron chi connectivity index (χ4n) is 4.23. The van der Waals surface area contributed by atoms with Crippen LogP contribution in [0.2, 0.25) is 0 Å². The van der Waals surface area contributed by atoms with Crippen LogP contribution >= 0.6 is 11.6 Å². The second-order valence-electron chi connectivity index (χ2n) is 8.78. The number of carbonyl (C=O) groups is 1. The van der Waals surface area contributed by atoms with Crippen molar-refractivity contribution in [2.75, 3.05) is 6.61 Å². The van der Waals surface area contributed by atoms with Gasteiger partial charge in [0.25, 0.3) is 0 Å². The summed E-state index contributed by atoms with van der Waals surface area (Å²) < 4.78 is 24.7. The van der Waals surface area contributed by atoms with Gasteiger partial charge in [-0.3, -0.25) is 4.79 Å². The van der Waals surface area contributed by atoms with Gasteiger partial charge in [-0.1, -0.05) is 103 Å². The molecule has 1 amide bonds. The maximum absolute atomic E-state index is 12.2. The van der Waals surface area contributed by atoms with Crippen LogP contribution in [0.4, 0.5) is 0 Å². The molecule has 3 aromatic carbocycles. The van der Waals surface area contributed by atoms with Crippen molar-refractivity contribution in [3.8, 4) is 0 Å². The maximum atomic E-state index is 12.2. The van der Waals surface area contributed by atoms with Gasteiger partial charge in [-0.05, 0) is 16.7 Å². The van der Waals surface area contributed by atoms with Gasteiger partial charge in [0.1, 0.15) is 18.3 Å². The van der Waals surface area contributed by atoms with Crippen molar-refractivity contribution in [1.82, 2.24) is 5.32 Å². The number of alkyl halides is 1. The molecule has 0 bridgehead atoms. The lowest BCUT2D eigenvalue weighted by molar-refractivity contribution is -0.209. The lowest BCUT2D eigenvalue weighted by atomic mass is 9.96. The fraction of sp³-hybridized carbons (Fsp3) is 0.345. The highest BCUT2D eigenvalue weighted by Crippen LogP contribution is 2.30. The minimum atomic E-state index is -0.799. The molecule has 1 heterocycles. The Hall–Kier alpha value is -2.74. The average molecular weight is 510 g/mol. The van der Waals surface area contributed by atoms with Crippen LogP contribution in [0.5, 0.6) is 0 Å². The van der Waals surface area contributed by atoms with Gasteiger partial charge in [0.2, 0.25) is 5.91 Å². The van der Waals surface area contributed by atoms with Crippen molar-refractivity contribution in [3.63, 3.8) is 0 Å². The Morgan fingerprint density at radius 1 is 0.778 bits per heavy atom. The van der Waals surface area contributed by atoms with Crippen LogP contribution in [0.3, 0.4) is 0 Å². The smallest absolute Gasteiger partial charge is 0.217 e. The molecule has 5 atom stereocenters. The Labute approximate surface area is 217 Å². The average Bonchev–Trinajstić information content (AvgIpc) is 2.89. The SMILES string of the molecule is CC(=O)N[C@H]1[C@H](OCc2ccccc2)[C@@H](COCc2ccccc2)OC(Cl)[C@@H]1OCc1ccccc1. The Morgan fingerprint density at radius 3 is 1.75 bits per heavy atom. The zero-order valence-corrected chi connectivity index (χ0v) is 21.1. The monoisotopic (exact) mass is 509 g/mol. The van der Waals surface area contributed by atoms with Gasteiger partial charge in [-0.2, -0.15) is 0 Å². The molecule has 1 unspecified atom stereocenters. The summed E-state index contributed by atoms with van der Waals surface area (Å²) in [4.78, 5) is 12.2. The first-order valence-corrected chi connectivity index (χ1v) is 12.5. The molecule has 1 fully saturated rings. The molecule has 4 rings (SSSR count). The number of benzene rings is 3. The molecule has 0 radical (unpaired) electrons. The molecule has 0 aromatic heterocycles. The number of hydrogen-bond donors (Lipinski definition) is 1. The Balaban J connectivity index is 1.51. The Kier molecular flexibility index (Phi) is 9.90. The van der Waals surface area contributed by atoms with Gasteiger partial charge in [-0.25, -0.2) is 0 Å². The number of rotatable bonds is 11. The fourth-order valence-corrected chi connectivity index (χ4v) is 4.59. The van der Waals surface area contributed by atoms with Gasteiger partial charge in [0.15, 0.2) is 5.56 Å². The highest BCUT2D eigenvalue weighted by atomic mass is 35.5. The normalized spacial score (nSPS) is 23.8. The van der Waals surface area contributed by atoms with Gasteiger partial charge >= 0.3 is 0 Å². The predicted octanol–water partition coefficient (Wildman–Crippen LogP) is 4.84. The quantitative estimate of drug-likeness (QED) is 0.375. The minimum Gasteiger partial charge on any atom is -0.374 e. The molecular formula is C29H32ClNO5. The van der Waals surface area contributed by atoms with Crippen LogP contribution < -0.4 is 5.32 Å². The van der Waals surface area contributed by atoms with E-state index in [0.717, 1.165) is 16.7 Å². The number of ether oxygens (including phenoxy) is 4. The van der Waals surface area contributed by atoms with Crippen LogP contribution in [0.25, 0.3) is 0 Å². The van der Waals surface area contributed by atoms with Crippen molar-refractivity contribution < 1.29 is 23.7 Å². The highest BCUT2D eigenvalue weighted by molar-refractivity contribution is 6.20. The molecule has 0 aliphatic carbocycles. The molecule has 1 saturated heterocycles. The molecule has 36 heavy (non-hydrogen) atoms. The zero-order chi connectivity index (χ0) is 25.2. The van der Waals surface area contributed by atoms with E-state index in [0.29, 0.717) is 19.8 Å². The number of halogens is 1. The Bertz CT molecular complexity index is 1050. The summed E-state index contributed by atoms with van der Waals surface area (Å²) in [5.74, 6) is -0.198. The van der Waals surface area contributed by atoms with Crippen molar-refractivity contribution in [2.45, 2.75) is 56.7 Å². The zero-order valence-electron chi connectivity index (χ0n) is 20.3. The third kappa shape index (κ3) is 7.63. The van der Waals surface area contributed by atoms with Crippen molar-refractivity contribution in [1.29, 1.82) is 0 Å². The summed E-state index contributed by atoms with van der Waals surface area (Å²) in [6.45, 7) is 2.83. The van der Waals surface area contributed by atoms with Gasteiger partial charge < -0.3 is 24.3 Å². The van der Waals surface area contributed by atoms with Gasteiger partial charge in [-0.15, -0.1) is 0 Å². The molecule has 7 heteroatoms. The summed E-state index contributed by atoms with van der Waals surface area (Å²) in [6, 6.07) is 29.0. The van der Waals surface area contributed by atoms with Gasteiger partial charge in [0.05, 0.1) is 32.5 Å². The van der Waals surface area contributed by atoms with Crippen LogP contribution in [0, 0.1) is 0 Å². The van der Waals surface area contributed by atoms with E-state index >= 15 is 0 Å². The summed E-state index contributed by atoms with van der Waals surface area (Å²) in [5, 5.41) is 3.01. The van der Waals surface area contributed by atoms with Crippen molar-refractivity contribution in [2.24, 2.45) is 0 Å². The topological polar surface area (TPSA) is 66.0 Å². The van der Waals surface area contributed by atoms with E-state index in [2.05, 4.69) is 5.32 Å². The van der Waals surface area contributed by atoms with Crippen LogP contribution in [0.1, 0.15) is 23.6 Å². The van der Waals surface area contributed by atoms with Crippen LogP contribution in [0.15, 0.2) is 91.0 Å².